The van der Waals surface area contributed by atoms with E-state index in [-0.39, 0.29) is 17.7 Å². The highest BCUT2D eigenvalue weighted by atomic mass is 19.4. The third kappa shape index (κ3) is 5.31. The van der Waals surface area contributed by atoms with E-state index in [0.29, 0.717) is 17.1 Å². The Morgan fingerprint density at radius 3 is 2.53 bits per heavy atom. The average molecular weight is 417 g/mol. The molecule has 0 bridgehead atoms. The molecular weight excluding hydrogens is 403 g/mol. The molecule has 0 aliphatic carbocycles. The zero-order valence-corrected chi connectivity index (χ0v) is 15.2. The van der Waals surface area contributed by atoms with Gasteiger partial charge in [-0.05, 0) is 35.9 Å². The van der Waals surface area contributed by atoms with Crippen LogP contribution in [0.2, 0.25) is 0 Å². The summed E-state index contributed by atoms with van der Waals surface area (Å²) in [5, 5.41) is 14.4. The molecule has 0 saturated carbocycles. The van der Waals surface area contributed by atoms with E-state index >= 15 is 0 Å². The standard InChI is InChI=1S/C20H14F3N3O4/c21-20(22,23)15-3-1-2-13(10-15)11-19(27)25-24-12-17-8-9-18(30-17)14-4-6-16(7-5-14)26(28)29/h1-10,12H,11H2,(H,25,27). The van der Waals surface area contributed by atoms with Crippen LogP contribution in [0.25, 0.3) is 11.3 Å². The van der Waals surface area contributed by atoms with E-state index in [1.165, 1.54) is 42.6 Å². The molecular formula is C20H14F3N3O4. The maximum absolute atomic E-state index is 12.7. The summed E-state index contributed by atoms with van der Waals surface area (Å²) in [7, 11) is 0. The molecule has 1 N–H and O–H groups in total. The van der Waals surface area contributed by atoms with E-state index in [1.807, 2.05) is 0 Å². The SMILES string of the molecule is O=C(Cc1cccc(C(F)(F)F)c1)NN=Cc1ccc(-c2ccc([N+](=O)[O-])cc2)o1. The first kappa shape index (κ1) is 20.8. The second kappa shape index (κ2) is 8.60. The van der Waals surface area contributed by atoms with Crippen LogP contribution < -0.4 is 5.43 Å². The topological polar surface area (TPSA) is 97.7 Å². The van der Waals surface area contributed by atoms with Crippen LogP contribution in [-0.4, -0.2) is 17.0 Å². The van der Waals surface area contributed by atoms with Gasteiger partial charge in [0.05, 0.1) is 23.1 Å². The van der Waals surface area contributed by atoms with E-state index in [1.54, 1.807) is 12.1 Å². The molecule has 3 rings (SSSR count). The van der Waals surface area contributed by atoms with Crippen molar-refractivity contribution in [2.45, 2.75) is 12.6 Å². The average Bonchev–Trinajstić information content (AvgIpc) is 3.16. The lowest BCUT2D eigenvalue weighted by Crippen LogP contribution is -2.20. The van der Waals surface area contributed by atoms with Gasteiger partial charge in [-0.2, -0.15) is 18.3 Å². The van der Waals surface area contributed by atoms with Crippen LogP contribution in [0, 0.1) is 10.1 Å². The number of amides is 1. The van der Waals surface area contributed by atoms with Crippen LogP contribution in [0.1, 0.15) is 16.9 Å². The summed E-state index contributed by atoms with van der Waals surface area (Å²) in [6.07, 6.45) is -3.52. The molecule has 0 spiro atoms. The zero-order valence-electron chi connectivity index (χ0n) is 15.2. The molecule has 0 aliphatic heterocycles. The van der Waals surface area contributed by atoms with Crippen molar-refractivity contribution in [3.8, 4) is 11.3 Å². The molecule has 1 aromatic heterocycles. The van der Waals surface area contributed by atoms with Crippen molar-refractivity contribution >= 4 is 17.8 Å². The number of carbonyl (C=O) groups excluding carboxylic acids is 1. The summed E-state index contributed by atoms with van der Waals surface area (Å²) < 4.78 is 43.7. The number of benzene rings is 2. The minimum absolute atomic E-state index is 0.0458. The predicted octanol–water partition coefficient (Wildman–Crippen LogP) is 4.57. The van der Waals surface area contributed by atoms with Crippen LogP contribution in [-0.2, 0) is 17.4 Å². The monoisotopic (exact) mass is 417 g/mol. The Balaban J connectivity index is 1.58. The molecule has 3 aromatic rings. The number of furan rings is 1. The summed E-state index contributed by atoms with van der Waals surface area (Å²) in [6.45, 7) is 0. The molecule has 10 heteroatoms. The van der Waals surface area contributed by atoms with Crippen LogP contribution in [0.15, 0.2) is 70.2 Å². The van der Waals surface area contributed by atoms with E-state index in [2.05, 4.69) is 10.5 Å². The Labute approximate surface area is 168 Å². The van der Waals surface area contributed by atoms with Gasteiger partial charge in [0, 0.05) is 17.7 Å². The van der Waals surface area contributed by atoms with E-state index < -0.39 is 22.6 Å². The Morgan fingerprint density at radius 2 is 1.87 bits per heavy atom. The molecule has 1 amide bonds. The van der Waals surface area contributed by atoms with Gasteiger partial charge in [0.1, 0.15) is 11.5 Å². The van der Waals surface area contributed by atoms with Crippen LogP contribution in [0.4, 0.5) is 18.9 Å². The number of halogens is 3. The van der Waals surface area contributed by atoms with Crippen LogP contribution in [0.3, 0.4) is 0 Å². The number of carbonyl (C=O) groups is 1. The van der Waals surface area contributed by atoms with Crippen LogP contribution in [0.5, 0.6) is 0 Å². The Hall–Kier alpha value is -3.95. The Bertz CT molecular complexity index is 1090. The fourth-order valence-electron chi connectivity index (χ4n) is 2.58. The quantitative estimate of drug-likeness (QED) is 0.361. The summed E-state index contributed by atoms with van der Waals surface area (Å²) in [4.78, 5) is 22.1. The molecule has 30 heavy (non-hydrogen) atoms. The number of rotatable bonds is 6. The lowest BCUT2D eigenvalue weighted by atomic mass is 10.1. The molecule has 0 atom stereocenters. The molecule has 7 nitrogen and oxygen atoms in total. The fraction of sp³-hybridized carbons (Fsp3) is 0.100. The van der Waals surface area contributed by atoms with Gasteiger partial charge in [0.25, 0.3) is 5.69 Å². The minimum Gasteiger partial charge on any atom is -0.455 e. The van der Waals surface area contributed by atoms with Gasteiger partial charge >= 0.3 is 6.18 Å². The second-order valence-electron chi connectivity index (χ2n) is 6.17. The summed E-state index contributed by atoms with van der Waals surface area (Å²) in [5.41, 5.74) is 2.17. The maximum atomic E-state index is 12.7. The first-order valence-corrected chi connectivity index (χ1v) is 8.55. The Kier molecular flexibility index (Phi) is 5.95. The third-order valence-corrected chi connectivity index (χ3v) is 3.99. The van der Waals surface area contributed by atoms with Gasteiger partial charge in [-0.15, -0.1) is 0 Å². The molecule has 0 unspecified atom stereocenters. The van der Waals surface area contributed by atoms with Crippen molar-refractivity contribution in [2.75, 3.05) is 0 Å². The molecule has 0 fully saturated rings. The van der Waals surface area contributed by atoms with Crippen LogP contribution >= 0.6 is 0 Å². The summed E-state index contributed by atoms with van der Waals surface area (Å²) >= 11 is 0. The van der Waals surface area contributed by atoms with Crippen molar-refractivity contribution in [1.82, 2.24) is 5.43 Å². The number of alkyl halides is 3. The van der Waals surface area contributed by atoms with Gasteiger partial charge in [-0.3, -0.25) is 14.9 Å². The predicted molar refractivity (Wildman–Crippen MR) is 102 cm³/mol. The molecule has 154 valence electrons. The van der Waals surface area contributed by atoms with E-state index in [0.717, 1.165) is 12.1 Å². The lowest BCUT2D eigenvalue weighted by Gasteiger charge is -2.08. The van der Waals surface area contributed by atoms with E-state index in [9.17, 15) is 28.1 Å². The van der Waals surface area contributed by atoms with Gasteiger partial charge < -0.3 is 4.42 Å². The normalized spacial score (nSPS) is 11.6. The molecule has 0 saturated heterocycles. The molecule has 0 aliphatic rings. The van der Waals surface area contributed by atoms with Gasteiger partial charge in [0.15, 0.2) is 0 Å². The first-order valence-electron chi connectivity index (χ1n) is 8.55. The maximum Gasteiger partial charge on any atom is 0.416 e. The van der Waals surface area contributed by atoms with Gasteiger partial charge in [-0.1, -0.05) is 18.2 Å². The first-order chi connectivity index (χ1) is 14.2. The highest BCUT2D eigenvalue weighted by Crippen LogP contribution is 2.29. The lowest BCUT2D eigenvalue weighted by molar-refractivity contribution is -0.384. The van der Waals surface area contributed by atoms with Crippen molar-refractivity contribution in [3.05, 3.63) is 87.7 Å². The van der Waals surface area contributed by atoms with Gasteiger partial charge in [-0.25, -0.2) is 5.43 Å². The zero-order chi connectivity index (χ0) is 21.7. The number of hydrogen-bond acceptors (Lipinski definition) is 5. The molecule has 2 aromatic carbocycles. The number of nitro groups is 1. The minimum atomic E-state index is -4.48. The number of hydrazone groups is 1. The molecule has 1 heterocycles. The highest BCUT2D eigenvalue weighted by molar-refractivity contribution is 5.82. The summed E-state index contributed by atoms with van der Waals surface area (Å²) in [6, 6.07) is 13.5. The number of nitrogens with one attached hydrogen (secondary N) is 1. The highest BCUT2D eigenvalue weighted by Gasteiger charge is 2.30. The Morgan fingerprint density at radius 1 is 1.13 bits per heavy atom. The van der Waals surface area contributed by atoms with Crippen molar-refractivity contribution in [2.24, 2.45) is 5.10 Å². The third-order valence-electron chi connectivity index (χ3n) is 3.99. The smallest absolute Gasteiger partial charge is 0.416 e. The summed E-state index contributed by atoms with van der Waals surface area (Å²) in [5.74, 6) is 0.164. The number of nitrogens with zero attached hydrogens (tertiary/aromatic N) is 2. The van der Waals surface area contributed by atoms with Gasteiger partial charge in [0.2, 0.25) is 5.91 Å². The fourth-order valence-corrected chi connectivity index (χ4v) is 2.58. The number of hydrogen-bond donors (Lipinski definition) is 1. The van der Waals surface area contributed by atoms with E-state index in [4.69, 9.17) is 4.42 Å². The largest absolute Gasteiger partial charge is 0.455 e. The van der Waals surface area contributed by atoms with Crippen molar-refractivity contribution in [3.63, 3.8) is 0 Å². The number of nitro benzene ring substituents is 1. The number of non-ortho nitro benzene ring substituents is 1. The van der Waals surface area contributed by atoms with Crippen molar-refractivity contribution < 1.29 is 27.3 Å². The van der Waals surface area contributed by atoms with Crippen molar-refractivity contribution in [1.29, 1.82) is 0 Å². The second-order valence-corrected chi connectivity index (χ2v) is 6.17. The molecule has 0 radical (unpaired) electrons.